The van der Waals surface area contributed by atoms with Crippen molar-refractivity contribution in [3.63, 3.8) is 0 Å². The van der Waals surface area contributed by atoms with Crippen molar-refractivity contribution in [2.75, 3.05) is 31.1 Å². The van der Waals surface area contributed by atoms with E-state index in [2.05, 4.69) is 11.6 Å². The fourth-order valence-electron chi connectivity index (χ4n) is 5.79. The number of nitrogens with zero attached hydrogens (tertiary/aromatic N) is 4. The molecular formula is C31H28F2N4O4. The number of fused-ring (bicyclic) bond motifs is 5. The third kappa shape index (κ3) is 4.21. The molecule has 2 aromatic heterocycles. The van der Waals surface area contributed by atoms with Crippen molar-refractivity contribution >= 4 is 22.6 Å². The summed E-state index contributed by atoms with van der Waals surface area (Å²) in [6, 6.07) is 11.9. The summed E-state index contributed by atoms with van der Waals surface area (Å²) in [6.45, 7) is 8.78. The van der Waals surface area contributed by atoms with E-state index in [1.54, 1.807) is 17.0 Å². The van der Waals surface area contributed by atoms with Crippen LogP contribution in [-0.4, -0.2) is 57.7 Å². The number of halogens is 2. The molecule has 2 aliphatic rings. The maximum Gasteiger partial charge on any atom is 0.301 e. The zero-order chi connectivity index (χ0) is 29.0. The zero-order valence-electron chi connectivity index (χ0n) is 22.6. The predicted molar refractivity (Wildman–Crippen MR) is 152 cm³/mol. The molecule has 0 aliphatic carbocycles. The van der Waals surface area contributed by atoms with E-state index in [-0.39, 0.29) is 35.9 Å². The first-order chi connectivity index (χ1) is 19.7. The quantitative estimate of drug-likeness (QED) is 0.364. The minimum Gasteiger partial charge on any atom is -0.507 e. The molecule has 1 amide bonds. The summed E-state index contributed by atoms with van der Waals surface area (Å²) < 4.78 is 38.2. The molecule has 1 N–H and O–H groups in total. The average Bonchev–Trinajstić information content (AvgIpc) is 2.96. The Labute approximate surface area is 234 Å². The van der Waals surface area contributed by atoms with E-state index in [1.165, 1.54) is 28.8 Å². The van der Waals surface area contributed by atoms with Crippen LogP contribution in [0.5, 0.6) is 11.5 Å². The summed E-state index contributed by atoms with van der Waals surface area (Å²) in [7, 11) is 0. The van der Waals surface area contributed by atoms with Gasteiger partial charge in [0.05, 0.1) is 23.0 Å². The molecule has 1 saturated heterocycles. The molecule has 4 aromatic rings. The number of phenols is 1. The second-order valence-corrected chi connectivity index (χ2v) is 10.5. The second-order valence-electron chi connectivity index (χ2n) is 10.5. The van der Waals surface area contributed by atoms with E-state index in [1.807, 2.05) is 30.9 Å². The van der Waals surface area contributed by atoms with Crippen molar-refractivity contribution in [2.45, 2.75) is 25.8 Å². The lowest BCUT2D eigenvalue weighted by atomic mass is 10.00. The first-order valence-corrected chi connectivity index (χ1v) is 13.4. The van der Waals surface area contributed by atoms with Crippen molar-refractivity contribution in [1.29, 1.82) is 0 Å². The molecule has 4 heterocycles. The van der Waals surface area contributed by atoms with Gasteiger partial charge in [0.1, 0.15) is 23.9 Å². The van der Waals surface area contributed by atoms with Crippen molar-refractivity contribution in [3.05, 3.63) is 88.7 Å². The van der Waals surface area contributed by atoms with E-state index in [4.69, 9.17) is 4.74 Å². The largest absolute Gasteiger partial charge is 0.507 e. The Kier molecular flexibility index (Phi) is 6.48. The van der Waals surface area contributed by atoms with Gasteiger partial charge in [-0.1, -0.05) is 44.7 Å². The van der Waals surface area contributed by atoms with E-state index in [0.29, 0.717) is 36.4 Å². The van der Waals surface area contributed by atoms with Crippen LogP contribution in [0.15, 0.2) is 66.0 Å². The summed E-state index contributed by atoms with van der Waals surface area (Å²) in [5.41, 5.74) is 0.546. The van der Waals surface area contributed by atoms with Crippen molar-refractivity contribution in [3.8, 4) is 28.4 Å². The van der Waals surface area contributed by atoms with Gasteiger partial charge in [-0.05, 0) is 41.8 Å². The number of rotatable bonds is 4. The van der Waals surface area contributed by atoms with Crippen LogP contribution in [-0.2, 0) is 4.79 Å². The molecule has 0 spiro atoms. The molecule has 0 bridgehead atoms. The van der Waals surface area contributed by atoms with Gasteiger partial charge in [0.15, 0.2) is 11.5 Å². The monoisotopic (exact) mass is 558 g/mol. The molecule has 0 radical (unpaired) electrons. The standard InChI is InChI=1S/C31H28F2N4O4/c1-4-25(39)35-12-13-36-18(15-35)16-41-29-28(36)20-14-22(33)27(26-21(32)9-7-11-24(26)38)34-30(20)37(31(29)40)23-10-6-5-8-19(23)17(2)3/h4-11,14,17-18,38H,1,12-13,15-16H2,2-3H3/t18-/m1/s1. The van der Waals surface area contributed by atoms with Gasteiger partial charge in [0, 0.05) is 25.0 Å². The number of hydrogen-bond acceptors (Lipinski definition) is 6. The second kappa shape index (κ2) is 10.0. The topological polar surface area (TPSA) is 87.9 Å². The summed E-state index contributed by atoms with van der Waals surface area (Å²) in [5.74, 6) is -2.32. The molecular weight excluding hydrogens is 530 g/mol. The van der Waals surface area contributed by atoms with Crippen LogP contribution in [0, 0.1) is 11.6 Å². The highest BCUT2D eigenvalue weighted by molar-refractivity contribution is 5.96. The molecule has 2 aliphatic heterocycles. The third-order valence-electron chi connectivity index (χ3n) is 7.74. The van der Waals surface area contributed by atoms with E-state index in [0.717, 1.165) is 11.6 Å². The highest BCUT2D eigenvalue weighted by Gasteiger charge is 2.38. The molecule has 41 heavy (non-hydrogen) atoms. The van der Waals surface area contributed by atoms with Gasteiger partial charge in [-0.2, -0.15) is 0 Å². The number of aromatic nitrogens is 2. The third-order valence-corrected chi connectivity index (χ3v) is 7.74. The predicted octanol–water partition coefficient (Wildman–Crippen LogP) is 4.76. The maximum atomic E-state index is 15.9. The molecule has 1 atom stereocenters. The molecule has 10 heteroatoms. The highest BCUT2D eigenvalue weighted by atomic mass is 19.1. The molecule has 8 nitrogen and oxygen atoms in total. The van der Waals surface area contributed by atoms with Gasteiger partial charge in [-0.15, -0.1) is 0 Å². The molecule has 2 aromatic carbocycles. The van der Waals surface area contributed by atoms with Crippen LogP contribution >= 0.6 is 0 Å². The van der Waals surface area contributed by atoms with E-state index in [9.17, 15) is 19.1 Å². The lowest BCUT2D eigenvalue weighted by Crippen LogP contribution is -2.58. The van der Waals surface area contributed by atoms with Crippen molar-refractivity contribution in [2.24, 2.45) is 0 Å². The minimum atomic E-state index is -0.870. The Morgan fingerprint density at radius 2 is 1.93 bits per heavy atom. The zero-order valence-corrected chi connectivity index (χ0v) is 22.6. The van der Waals surface area contributed by atoms with E-state index < -0.39 is 34.2 Å². The summed E-state index contributed by atoms with van der Waals surface area (Å²) in [5, 5.41) is 10.7. The Hall–Kier alpha value is -4.73. The Balaban J connectivity index is 1.67. The average molecular weight is 559 g/mol. The number of carbonyl (C=O) groups excluding carboxylic acids is 1. The van der Waals surface area contributed by atoms with Crippen LogP contribution in [0.3, 0.4) is 0 Å². The Morgan fingerprint density at radius 1 is 1.15 bits per heavy atom. The highest BCUT2D eigenvalue weighted by Crippen LogP contribution is 2.42. The maximum absolute atomic E-state index is 15.9. The molecule has 0 saturated carbocycles. The lowest BCUT2D eigenvalue weighted by molar-refractivity contribution is -0.127. The van der Waals surface area contributed by atoms with Crippen LogP contribution in [0.2, 0.25) is 0 Å². The number of carbonyl (C=O) groups is 1. The number of ether oxygens (including phenoxy) is 1. The number of benzene rings is 2. The molecule has 6 rings (SSSR count). The number of phenolic OH excluding ortho intramolecular Hbond substituents is 1. The van der Waals surface area contributed by atoms with Crippen LogP contribution < -0.4 is 15.2 Å². The smallest absolute Gasteiger partial charge is 0.301 e. The minimum absolute atomic E-state index is 0.0282. The van der Waals surface area contributed by atoms with E-state index >= 15 is 4.39 Å². The fraction of sp³-hybridized carbons (Fsp3) is 0.258. The van der Waals surface area contributed by atoms with Gasteiger partial charge < -0.3 is 19.6 Å². The summed E-state index contributed by atoms with van der Waals surface area (Å²) in [4.78, 5) is 34.7. The summed E-state index contributed by atoms with van der Waals surface area (Å²) in [6.07, 6.45) is 1.26. The van der Waals surface area contributed by atoms with Gasteiger partial charge in [-0.3, -0.25) is 14.2 Å². The number of para-hydroxylation sites is 1. The number of hydrogen-bond donors (Lipinski definition) is 1. The SMILES string of the molecule is C=CC(=O)N1CCN2c3c(c(=O)n(-c4ccccc4C(C)C)c4nc(-c5c(O)cccc5F)c(F)cc34)OC[C@H]2C1. The fourth-order valence-corrected chi connectivity index (χ4v) is 5.79. The number of piperazine rings is 1. The molecule has 1 fully saturated rings. The molecule has 210 valence electrons. The normalized spacial score (nSPS) is 16.4. The number of amides is 1. The van der Waals surface area contributed by atoms with Crippen LogP contribution in [0.25, 0.3) is 28.0 Å². The van der Waals surface area contributed by atoms with Crippen LogP contribution in [0.4, 0.5) is 14.5 Å². The molecule has 0 unspecified atom stereocenters. The van der Waals surface area contributed by atoms with Crippen LogP contribution in [0.1, 0.15) is 25.3 Å². The van der Waals surface area contributed by atoms with Gasteiger partial charge in [-0.25, -0.2) is 13.8 Å². The van der Waals surface area contributed by atoms with Gasteiger partial charge >= 0.3 is 5.56 Å². The number of pyridine rings is 2. The Bertz CT molecular complexity index is 1760. The van der Waals surface area contributed by atoms with Gasteiger partial charge in [0.2, 0.25) is 11.7 Å². The number of aromatic hydroxyl groups is 1. The van der Waals surface area contributed by atoms with Crippen molar-refractivity contribution in [1.82, 2.24) is 14.5 Å². The number of anilines is 1. The van der Waals surface area contributed by atoms with Gasteiger partial charge in [0.25, 0.3) is 0 Å². The Morgan fingerprint density at radius 3 is 2.66 bits per heavy atom. The first kappa shape index (κ1) is 26.5. The lowest BCUT2D eigenvalue weighted by Gasteiger charge is -2.45. The summed E-state index contributed by atoms with van der Waals surface area (Å²) >= 11 is 0. The van der Waals surface area contributed by atoms with Crippen molar-refractivity contribution < 1.29 is 23.4 Å². The first-order valence-electron chi connectivity index (χ1n) is 13.4.